The maximum Gasteiger partial charge on any atom is 0.222 e. The van der Waals surface area contributed by atoms with Gasteiger partial charge in [-0.1, -0.05) is 36.7 Å². The fraction of sp³-hybridized carbons (Fsp3) is 0.476. The number of hydrogen-bond donors (Lipinski definition) is 2. The molecule has 1 aliphatic rings. The number of anilines is 1. The lowest BCUT2D eigenvalue weighted by Gasteiger charge is -2.23. The molecule has 0 unspecified atom stereocenters. The molecule has 0 spiro atoms. The Morgan fingerprint density at radius 2 is 1.96 bits per heavy atom. The highest BCUT2D eigenvalue weighted by Crippen LogP contribution is 2.25. The number of imidazole rings is 1. The van der Waals surface area contributed by atoms with Crippen LogP contribution in [0.5, 0.6) is 0 Å². The third-order valence-electron chi connectivity index (χ3n) is 5.61. The van der Waals surface area contributed by atoms with Crippen molar-refractivity contribution in [3.05, 3.63) is 46.4 Å². The van der Waals surface area contributed by atoms with E-state index in [0.29, 0.717) is 12.4 Å². The molecule has 148 valence electrons. The molecule has 7 heteroatoms. The number of piperidine rings is 1. The van der Waals surface area contributed by atoms with Crippen LogP contribution in [0.25, 0.3) is 11.2 Å². The van der Waals surface area contributed by atoms with Crippen molar-refractivity contribution < 1.29 is 0 Å². The Bertz CT molecular complexity index is 961. The van der Waals surface area contributed by atoms with Gasteiger partial charge in [-0.05, 0) is 49.9 Å². The van der Waals surface area contributed by atoms with Crippen molar-refractivity contribution in [1.29, 1.82) is 0 Å². The van der Waals surface area contributed by atoms with E-state index in [0.717, 1.165) is 71.7 Å². The van der Waals surface area contributed by atoms with Crippen molar-refractivity contribution in [2.75, 3.05) is 18.8 Å². The lowest BCUT2D eigenvalue weighted by atomic mass is 9.95. The fourth-order valence-electron chi connectivity index (χ4n) is 4.05. The molecule has 2 aromatic heterocycles. The van der Waals surface area contributed by atoms with Gasteiger partial charge in [0, 0.05) is 24.4 Å². The molecule has 3 heterocycles. The van der Waals surface area contributed by atoms with E-state index in [1.165, 1.54) is 12.8 Å². The zero-order chi connectivity index (χ0) is 19.5. The zero-order valence-corrected chi connectivity index (χ0v) is 17.0. The van der Waals surface area contributed by atoms with Gasteiger partial charge in [-0.15, -0.1) is 0 Å². The van der Waals surface area contributed by atoms with Crippen LogP contribution < -0.4 is 11.1 Å². The van der Waals surface area contributed by atoms with Crippen LogP contribution in [0, 0.1) is 5.92 Å². The van der Waals surface area contributed by atoms with Crippen LogP contribution >= 0.6 is 11.6 Å². The molecule has 4 rings (SSSR count). The van der Waals surface area contributed by atoms with Gasteiger partial charge in [0.2, 0.25) is 5.95 Å². The monoisotopic (exact) mass is 398 g/mol. The summed E-state index contributed by atoms with van der Waals surface area (Å²) >= 11 is 6.36. The number of nitrogens with two attached hydrogens (primary N) is 1. The molecule has 3 aromatic rings. The summed E-state index contributed by atoms with van der Waals surface area (Å²) in [6.45, 7) is 5.29. The third-order valence-corrected chi connectivity index (χ3v) is 5.98. The molecule has 1 saturated heterocycles. The van der Waals surface area contributed by atoms with Gasteiger partial charge in [-0.3, -0.25) is 0 Å². The van der Waals surface area contributed by atoms with Gasteiger partial charge in [0.15, 0.2) is 5.65 Å². The van der Waals surface area contributed by atoms with Gasteiger partial charge >= 0.3 is 0 Å². The number of halogens is 1. The van der Waals surface area contributed by atoms with E-state index in [1.807, 2.05) is 24.3 Å². The molecule has 1 aliphatic heterocycles. The van der Waals surface area contributed by atoms with Crippen molar-refractivity contribution in [1.82, 2.24) is 24.8 Å². The van der Waals surface area contributed by atoms with Crippen molar-refractivity contribution in [3.8, 4) is 0 Å². The second-order valence-corrected chi connectivity index (χ2v) is 7.89. The number of hydrogen-bond acceptors (Lipinski definition) is 5. The van der Waals surface area contributed by atoms with Gasteiger partial charge in [-0.2, -0.15) is 4.98 Å². The minimum atomic E-state index is 0.292. The summed E-state index contributed by atoms with van der Waals surface area (Å²) in [4.78, 5) is 13.9. The molecular formula is C21H27ClN6. The number of aromatic nitrogens is 4. The average molecular weight is 399 g/mol. The predicted octanol–water partition coefficient (Wildman–Crippen LogP) is 3.60. The molecule has 0 bridgehead atoms. The lowest BCUT2D eigenvalue weighted by Crippen LogP contribution is -2.28. The minimum Gasteiger partial charge on any atom is -0.368 e. The molecular weight excluding hydrogens is 372 g/mol. The maximum absolute atomic E-state index is 6.36. The molecule has 0 amide bonds. The van der Waals surface area contributed by atoms with E-state index in [9.17, 15) is 0 Å². The van der Waals surface area contributed by atoms with E-state index in [-0.39, 0.29) is 0 Å². The highest BCUT2D eigenvalue weighted by atomic mass is 35.5. The highest BCUT2D eigenvalue weighted by molar-refractivity contribution is 6.31. The SMILES string of the molecule is CCc1nc2c(Cc3ccccc3Cl)nc(N)nc2n1CCC1CCNCC1. The summed E-state index contributed by atoms with van der Waals surface area (Å²) in [7, 11) is 0. The number of benzene rings is 1. The Morgan fingerprint density at radius 1 is 1.18 bits per heavy atom. The van der Waals surface area contributed by atoms with Crippen LogP contribution in [0.3, 0.4) is 0 Å². The molecule has 0 aliphatic carbocycles. The first-order valence-electron chi connectivity index (χ1n) is 10.1. The van der Waals surface area contributed by atoms with E-state index in [2.05, 4.69) is 26.8 Å². The van der Waals surface area contributed by atoms with Crippen LogP contribution in [-0.2, 0) is 19.4 Å². The first-order valence-corrected chi connectivity index (χ1v) is 10.5. The van der Waals surface area contributed by atoms with Gasteiger partial charge in [0.25, 0.3) is 0 Å². The van der Waals surface area contributed by atoms with Crippen molar-refractivity contribution in [2.45, 2.75) is 45.6 Å². The molecule has 1 aromatic carbocycles. The van der Waals surface area contributed by atoms with Gasteiger partial charge in [0.05, 0.1) is 5.69 Å². The summed E-state index contributed by atoms with van der Waals surface area (Å²) in [5, 5.41) is 4.17. The van der Waals surface area contributed by atoms with Gasteiger partial charge in [-0.25, -0.2) is 9.97 Å². The first-order chi connectivity index (χ1) is 13.7. The van der Waals surface area contributed by atoms with Crippen molar-refractivity contribution in [3.63, 3.8) is 0 Å². The molecule has 28 heavy (non-hydrogen) atoms. The molecule has 3 N–H and O–H groups in total. The summed E-state index contributed by atoms with van der Waals surface area (Å²) in [6, 6.07) is 7.83. The Morgan fingerprint density at radius 3 is 2.71 bits per heavy atom. The quantitative estimate of drug-likeness (QED) is 0.662. The predicted molar refractivity (Wildman–Crippen MR) is 114 cm³/mol. The fourth-order valence-corrected chi connectivity index (χ4v) is 4.26. The number of fused-ring (bicyclic) bond motifs is 1. The van der Waals surface area contributed by atoms with Crippen LogP contribution in [0.1, 0.15) is 43.3 Å². The largest absolute Gasteiger partial charge is 0.368 e. The number of rotatable bonds is 6. The Balaban J connectivity index is 1.68. The Kier molecular flexibility index (Phi) is 5.78. The van der Waals surface area contributed by atoms with Crippen LogP contribution in [-0.4, -0.2) is 32.6 Å². The first kappa shape index (κ1) is 19.2. The zero-order valence-electron chi connectivity index (χ0n) is 16.3. The third kappa shape index (κ3) is 3.98. The van der Waals surface area contributed by atoms with Crippen LogP contribution in [0.2, 0.25) is 5.02 Å². The second kappa shape index (κ2) is 8.45. The molecule has 0 atom stereocenters. The molecule has 6 nitrogen and oxygen atoms in total. The topological polar surface area (TPSA) is 81.7 Å². The van der Waals surface area contributed by atoms with Crippen molar-refractivity contribution in [2.24, 2.45) is 5.92 Å². The summed E-state index contributed by atoms with van der Waals surface area (Å²) < 4.78 is 2.24. The number of aryl methyl sites for hydroxylation is 2. The molecule has 0 saturated carbocycles. The van der Waals surface area contributed by atoms with Crippen LogP contribution in [0.15, 0.2) is 24.3 Å². The molecule has 0 radical (unpaired) electrons. The Labute approximate surface area is 170 Å². The highest BCUT2D eigenvalue weighted by Gasteiger charge is 2.19. The van der Waals surface area contributed by atoms with E-state index < -0.39 is 0 Å². The standard InChI is InChI=1S/C21H27ClN6/c1-2-18-26-19-17(13-15-5-3-4-6-16(15)22)25-21(23)27-20(19)28(18)12-9-14-7-10-24-11-8-14/h3-6,14,24H,2,7-13H2,1H3,(H2,23,25,27). The minimum absolute atomic E-state index is 0.292. The summed E-state index contributed by atoms with van der Waals surface area (Å²) in [5.41, 5.74) is 9.62. The van der Waals surface area contributed by atoms with E-state index in [4.69, 9.17) is 22.3 Å². The van der Waals surface area contributed by atoms with Crippen molar-refractivity contribution >= 4 is 28.7 Å². The number of nitrogen functional groups attached to an aromatic ring is 1. The summed E-state index contributed by atoms with van der Waals surface area (Å²) in [5.74, 6) is 2.09. The maximum atomic E-state index is 6.36. The van der Waals surface area contributed by atoms with E-state index in [1.54, 1.807) is 0 Å². The van der Waals surface area contributed by atoms with E-state index >= 15 is 0 Å². The average Bonchev–Trinajstić information content (AvgIpc) is 3.06. The smallest absolute Gasteiger partial charge is 0.222 e. The Hall–Kier alpha value is -2.18. The lowest BCUT2D eigenvalue weighted by molar-refractivity contribution is 0.337. The molecule has 1 fully saturated rings. The number of nitrogens with one attached hydrogen (secondary N) is 1. The second-order valence-electron chi connectivity index (χ2n) is 7.48. The van der Waals surface area contributed by atoms with Gasteiger partial charge < -0.3 is 15.6 Å². The van der Waals surface area contributed by atoms with Gasteiger partial charge in [0.1, 0.15) is 11.3 Å². The number of nitrogens with zero attached hydrogens (tertiary/aromatic N) is 4. The summed E-state index contributed by atoms with van der Waals surface area (Å²) in [6.07, 6.45) is 5.07. The van der Waals surface area contributed by atoms with Crippen LogP contribution in [0.4, 0.5) is 5.95 Å². The normalized spacial score (nSPS) is 15.4.